The van der Waals surface area contributed by atoms with Gasteiger partial charge in [0, 0.05) is 25.8 Å². The molecule has 0 radical (unpaired) electrons. The third kappa shape index (κ3) is 3.89. The lowest BCUT2D eigenvalue weighted by atomic mass is 10.0. The number of nitrogens with one attached hydrogen (secondary N) is 1. The second-order valence-electron chi connectivity index (χ2n) is 4.26. The summed E-state index contributed by atoms with van der Waals surface area (Å²) in [6, 6.07) is 5.81. The fourth-order valence-electron chi connectivity index (χ4n) is 1.89. The van der Waals surface area contributed by atoms with E-state index in [1.54, 1.807) is 0 Å². The van der Waals surface area contributed by atoms with Gasteiger partial charge >= 0.3 is 0 Å². The van der Waals surface area contributed by atoms with Gasteiger partial charge in [-0.15, -0.1) is 0 Å². The Morgan fingerprint density at radius 3 is 3.00 bits per heavy atom. The topological polar surface area (TPSA) is 43.4 Å². The Morgan fingerprint density at radius 1 is 1.41 bits per heavy atom. The van der Waals surface area contributed by atoms with E-state index in [0.29, 0.717) is 11.8 Å². The van der Waals surface area contributed by atoms with Gasteiger partial charge in [-0.3, -0.25) is 0 Å². The highest BCUT2D eigenvalue weighted by molar-refractivity contribution is 5.36. The van der Waals surface area contributed by atoms with E-state index in [0.717, 1.165) is 45.0 Å². The standard InChI is InChI=1S/C13H20N2O2/c1-2-14-12-4-3-5-13(15-12)17-10-11-6-8-16-9-7-11/h3-5,11H,2,6-10H2,1H3,(H,14,15). The molecule has 1 aromatic rings. The summed E-state index contributed by atoms with van der Waals surface area (Å²) >= 11 is 0. The maximum Gasteiger partial charge on any atom is 0.215 e. The predicted molar refractivity (Wildman–Crippen MR) is 67.4 cm³/mol. The number of ether oxygens (including phenoxy) is 2. The van der Waals surface area contributed by atoms with Crippen LogP contribution in [0, 0.1) is 5.92 Å². The summed E-state index contributed by atoms with van der Waals surface area (Å²) in [5, 5.41) is 3.17. The highest BCUT2D eigenvalue weighted by Gasteiger charge is 2.14. The van der Waals surface area contributed by atoms with E-state index in [2.05, 4.69) is 17.2 Å². The number of hydrogen-bond acceptors (Lipinski definition) is 4. The lowest BCUT2D eigenvalue weighted by molar-refractivity contribution is 0.0490. The van der Waals surface area contributed by atoms with Crippen LogP contribution < -0.4 is 10.1 Å². The molecule has 1 N–H and O–H groups in total. The van der Waals surface area contributed by atoms with Crippen molar-refractivity contribution in [2.45, 2.75) is 19.8 Å². The molecule has 0 aromatic carbocycles. The van der Waals surface area contributed by atoms with E-state index in [-0.39, 0.29) is 0 Å². The second-order valence-corrected chi connectivity index (χ2v) is 4.26. The summed E-state index contributed by atoms with van der Waals surface area (Å²) in [7, 11) is 0. The molecule has 17 heavy (non-hydrogen) atoms. The highest BCUT2D eigenvalue weighted by atomic mass is 16.5. The summed E-state index contributed by atoms with van der Waals surface area (Å²) in [5.41, 5.74) is 0. The van der Waals surface area contributed by atoms with Crippen LogP contribution in [0.4, 0.5) is 5.82 Å². The van der Waals surface area contributed by atoms with Crippen LogP contribution >= 0.6 is 0 Å². The van der Waals surface area contributed by atoms with Crippen LogP contribution in [0.5, 0.6) is 5.88 Å². The van der Waals surface area contributed by atoms with Crippen LogP contribution in [0.15, 0.2) is 18.2 Å². The average Bonchev–Trinajstić information content (AvgIpc) is 2.39. The molecule has 4 nitrogen and oxygen atoms in total. The Hall–Kier alpha value is -1.29. The first kappa shape index (κ1) is 12.2. The molecular weight excluding hydrogens is 216 g/mol. The molecular formula is C13H20N2O2. The molecule has 0 aliphatic carbocycles. The van der Waals surface area contributed by atoms with Crippen molar-refractivity contribution >= 4 is 5.82 Å². The Balaban J connectivity index is 1.83. The summed E-state index contributed by atoms with van der Waals surface area (Å²) < 4.78 is 11.0. The number of rotatable bonds is 5. The highest BCUT2D eigenvalue weighted by Crippen LogP contribution is 2.17. The number of anilines is 1. The number of pyridine rings is 1. The van der Waals surface area contributed by atoms with Gasteiger partial charge in [-0.25, -0.2) is 0 Å². The van der Waals surface area contributed by atoms with Gasteiger partial charge in [0.2, 0.25) is 5.88 Å². The van der Waals surface area contributed by atoms with Crippen molar-refractivity contribution in [3.05, 3.63) is 18.2 Å². The summed E-state index contributed by atoms with van der Waals surface area (Å²) in [6.07, 6.45) is 2.18. The molecule has 2 rings (SSSR count). The van der Waals surface area contributed by atoms with Gasteiger partial charge in [0.25, 0.3) is 0 Å². The van der Waals surface area contributed by atoms with Crippen molar-refractivity contribution in [3.8, 4) is 5.88 Å². The van der Waals surface area contributed by atoms with Gasteiger partial charge in [-0.1, -0.05) is 6.07 Å². The van der Waals surface area contributed by atoms with Crippen molar-refractivity contribution in [3.63, 3.8) is 0 Å². The fraction of sp³-hybridized carbons (Fsp3) is 0.615. The summed E-state index contributed by atoms with van der Waals surface area (Å²) in [6.45, 7) is 5.39. The fourth-order valence-corrected chi connectivity index (χ4v) is 1.89. The molecule has 0 amide bonds. The minimum atomic E-state index is 0.605. The first-order valence-corrected chi connectivity index (χ1v) is 6.30. The molecule has 1 fully saturated rings. The largest absolute Gasteiger partial charge is 0.477 e. The third-order valence-electron chi connectivity index (χ3n) is 2.89. The Labute approximate surface area is 102 Å². The van der Waals surface area contributed by atoms with E-state index in [1.807, 2.05) is 18.2 Å². The van der Waals surface area contributed by atoms with Crippen molar-refractivity contribution in [1.29, 1.82) is 0 Å². The zero-order valence-electron chi connectivity index (χ0n) is 10.3. The molecule has 1 saturated heterocycles. The number of nitrogens with zero attached hydrogens (tertiary/aromatic N) is 1. The molecule has 4 heteroatoms. The van der Waals surface area contributed by atoms with Crippen LogP contribution in [0.25, 0.3) is 0 Å². The number of aromatic nitrogens is 1. The van der Waals surface area contributed by atoms with Crippen molar-refractivity contribution < 1.29 is 9.47 Å². The van der Waals surface area contributed by atoms with Crippen LogP contribution in [0.1, 0.15) is 19.8 Å². The maximum atomic E-state index is 5.73. The van der Waals surface area contributed by atoms with Crippen molar-refractivity contribution in [1.82, 2.24) is 4.98 Å². The second kappa shape index (κ2) is 6.45. The van der Waals surface area contributed by atoms with Crippen LogP contribution in [0.3, 0.4) is 0 Å². The third-order valence-corrected chi connectivity index (χ3v) is 2.89. The van der Waals surface area contributed by atoms with E-state index in [9.17, 15) is 0 Å². The minimum absolute atomic E-state index is 0.605. The molecule has 0 saturated carbocycles. The molecule has 0 atom stereocenters. The normalized spacial score (nSPS) is 16.8. The SMILES string of the molecule is CCNc1cccc(OCC2CCOCC2)n1. The van der Waals surface area contributed by atoms with E-state index in [4.69, 9.17) is 9.47 Å². The van der Waals surface area contributed by atoms with E-state index in [1.165, 1.54) is 0 Å². The smallest absolute Gasteiger partial charge is 0.215 e. The first-order valence-electron chi connectivity index (χ1n) is 6.30. The van der Waals surface area contributed by atoms with Gasteiger partial charge in [0.05, 0.1) is 6.61 Å². The van der Waals surface area contributed by atoms with Gasteiger partial charge < -0.3 is 14.8 Å². The van der Waals surface area contributed by atoms with Gasteiger partial charge in [0.1, 0.15) is 5.82 Å². The zero-order chi connectivity index (χ0) is 11.9. The average molecular weight is 236 g/mol. The van der Waals surface area contributed by atoms with E-state index < -0.39 is 0 Å². The summed E-state index contributed by atoms with van der Waals surface area (Å²) in [4.78, 5) is 4.38. The van der Waals surface area contributed by atoms with Crippen LogP contribution in [-0.2, 0) is 4.74 Å². The van der Waals surface area contributed by atoms with Crippen molar-refractivity contribution in [2.75, 3.05) is 31.7 Å². The van der Waals surface area contributed by atoms with Gasteiger partial charge in [-0.2, -0.15) is 4.98 Å². The lowest BCUT2D eigenvalue weighted by Crippen LogP contribution is -2.21. The van der Waals surface area contributed by atoms with Crippen LogP contribution in [-0.4, -0.2) is 31.3 Å². The van der Waals surface area contributed by atoms with Crippen LogP contribution in [0.2, 0.25) is 0 Å². The molecule has 94 valence electrons. The lowest BCUT2D eigenvalue weighted by Gasteiger charge is -2.21. The van der Waals surface area contributed by atoms with Gasteiger partial charge in [-0.05, 0) is 31.7 Å². The quantitative estimate of drug-likeness (QED) is 0.852. The zero-order valence-corrected chi connectivity index (χ0v) is 10.3. The minimum Gasteiger partial charge on any atom is -0.477 e. The molecule has 1 aliphatic heterocycles. The van der Waals surface area contributed by atoms with E-state index >= 15 is 0 Å². The maximum absolute atomic E-state index is 5.73. The molecule has 0 bridgehead atoms. The number of hydrogen-bond donors (Lipinski definition) is 1. The molecule has 0 unspecified atom stereocenters. The van der Waals surface area contributed by atoms with Gasteiger partial charge in [0.15, 0.2) is 0 Å². The molecule has 1 aliphatic rings. The Kier molecular flexibility index (Phi) is 4.62. The molecule has 1 aromatic heterocycles. The summed E-state index contributed by atoms with van der Waals surface area (Å²) in [5.74, 6) is 2.18. The predicted octanol–water partition coefficient (Wildman–Crippen LogP) is 2.32. The Bertz CT molecular complexity index is 338. The van der Waals surface area contributed by atoms with Crippen molar-refractivity contribution in [2.24, 2.45) is 5.92 Å². The Morgan fingerprint density at radius 2 is 2.24 bits per heavy atom. The molecule has 0 spiro atoms. The monoisotopic (exact) mass is 236 g/mol. The molecule has 2 heterocycles. The first-order chi connectivity index (χ1) is 8.38.